The lowest BCUT2D eigenvalue weighted by molar-refractivity contribution is 0.130. The van der Waals surface area contributed by atoms with Crippen LogP contribution in [0.25, 0.3) is 0 Å². The quantitative estimate of drug-likeness (QED) is 0.812. The fourth-order valence-corrected chi connectivity index (χ4v) is 1.73. The van der Waals surface area contributed by atoms with Crippen LogP contribution in [0.2, 0.25) is 0 Å². The molecule has 0 spiro atoms. The third kappa shape index (κ3) is 4.26. The summed E-state index contributed by atoms with van der Waals surface area (Å²) in [6.07, 6.45) is 0. The fourth-order valence-electron chi connectivity index (χ4n) is 1.73. The summed E-state index contributed by atoms with van der Waals surface area (Å²) in [4.78, 5) is 0. The van der Waals surface area contributed by atoms with E-state index in [0.717, 1.165) is 5.75 Å². The predicted octanol–water partition coefficient (Wildman–Crippen LogP) is 4.58. The van der Waals surface area contributed by atoms with Crippen molar-refractivity contribution in [3.05, 3.63) is 59.9 Å². The Balaban J connectivity index is 1.96. The molecule has 0 N–H and O–H groups in total. The van der Waals surface area contributed by atoms with E-state index in [4.69, 9.17) is 9.47 Å². The first kappa shape index (κ1) is 14.4. The Bertz CT molecular complexity index is 556. The average molecular weight is 274 g/mol. The second-order valence-electron chi connectivity index (χ2n) is 5.57. The number of hydrogen-bond acceptors (Lipinski definition) is 2. The van der Waals surface area contributed by atoms with Crippen LogP contribution in [0.4, 0.5) is 4.39 Å². The maximum atomic E-state index is 13.4. The highest BCUT2D eigenvalue weighted by molar-refractivity contribution is 5.32. The zero-order valence-corrected chi connectivity index (χ0v) is 12.0. The van der Waals surface area contributed by atoms with Crippen LogP contribution in [0.1, 0.15) is 26.3 Å². The van der Waals surface area contributed by atoms with Gasteiger partial charge in [-0.2, -0.15) is 0 Å². The molecule has 2 aromatic rings. The molecule has 0 amide bonds. The van der Waals surface area contributed by atoms with Gasteiger partial charge in [-0.15, -0.1) is 0 Å². The summed E-state index contributed by atoms with van der Waals surface area (Å²) in [7, 11) is 0. The van der Waals surface area contributed by atoms with Crippen LogP contribution in [-0.2, 0) is 6.61 Å². The number of halogens is 1. The molecule has 2 nitrogen and oxygen atoms in total. The van der Waals surface area contributed by atoms with E-state index in [1.165, 1.54) is 6.07 Å². The van der Waals surface area contributed by atoms with Crippen LogP contribution in [0.15, 0.2) is 48.5 Å². The topological polar surface area (TPSA) is 18.5 Å². The van der Waals surface area contributed by atoms with Crippen molar-refractivity contribution in [2.45, 2.75) is 33.0 Å². The zero-order valence-electron chi connectivity index (χ0n) is 12.0. The minimum atomic E-state index is -0.250. The van der Waals surface area contributed by atoms with Gasteiger partial charge in [0.05, 0.1) is 0 Å². The first-order valence-corrected chi connectivity index (χ1v) is 6.59. The highest BCUT2D eigenvalue weighted by atomic mass is 19.1. The van der Waals surface area contributed by atoms with Gasteiger partial charge in [0, 0.05) is 5.56 Å². The molecule has 2 rings (SSSR count). The Kier molecular flexibility index (Phi) is 4.28. The monoisotopic (exact) mass is 274 g/mol. The molecule has 0 saturated carbocycles. The van der Waals surface area contributed by atoms with Crippen molar-refractivity contribution in [3.63, 3.8) is 0 Å². The van der Waals surface area contributed by atoms with E-state index in [1.54, 1.807) is 18.2 Å². The van der Waals surface area contributed by atoms with Gasteiger partial charge in [0.2, 0.25) is 0 Å². The summed E-state index contributed by atoms with van der Waals surface area (Å²) in [6.45, 7) is 6.20. The summed E-state index contributed by atoms with van der Waals surface area (Å²) in [5.41, 5.74) is 0.317. The molecule has 0 aromatic heterocycles. The van der Waals surface area contributed by atoms with Crippen molar-refractivity contribution in [1.29, 1.82) is 0 Å². The second kappa shape index (κ2) is 5.95. The maximum absolute atomic E-state index is 13.4. The average Bonchev–Trinajstić information content (AvgIpc) is 2.38. The van der Waals surface area contributed by atoms with Crippen LogP contribution in [0, 0.1) is 5.82 Å². The number of ether oxygens (including phenoxy) is 2. The van der Waals surface area contributed by atoms with E-state index in [2.05, 4.69) is 0 Å². The van der Waals surface area contributed by atoms with Crippen molar-refractivity contribution in [2.75, 3.05) is 0 Å². The standard InChI is InChI=1S/C17H19FO2/c1-17(2,3)20-15-10-8-14(9-11-15)19-12-13-6-4-5-7-16(13)18/h4-11H,12H2,1-3H3. The van der Waals surface area contributed by atoms with Crippen LogP contribution in [0.5, 0.6) is 11.5 Å². The molecule has 0 bridgehead atoms. The van der Waals surface area contributed by atoms with Gasteiger partial charge in [0.15, 0.2) is 0 Å². The van der Waals surface area contributed by atoms with Crippen molar-refractivity contribution in [2.24, 2.45) is 0 Å². The first-order chi connectivity index (χ1) is 9.44. The number of rotatable bonds is 4. The Morgan fingerprint density at radius 3 is 2.10 bits per heavy atom. The van der Waals surface area contributed by atoms with Gasteiger partial charge in [-0.05, 0) is 51.1 Å². The smallest absolute Gasteiger partial charge is 0.129 e. The van der Waals surface area contributed by atoms with E-state index in [1.807, 2.05) is 45.0 Å². The molecule has 3 heteroatoms. The molecule has 106 valence electrons. The molecule has 0 aliphatic carbocycles. The van der Waals surface area contributed by atoms with E-state index in [0.29, 0.717) is 11.3 Å². The Hall–Kier alpha value is -2.03. The maximum Gasteiger partial charge on any atom is 0.129 e. The van der Waals surface area contributed by atoms with Gasteiger partial charge in [-0.25, -0.2) is 4.39 Å². The summed E-state index contributed by atoms with van der Waals surface area (Å²) in [5, 5.41) is 0. The van der Waals surface area contributed by atoms with E-state index in [-0.39, 0.29) is 18.0 Å². The Morgan fingerprint density at radius 1 is 0.900 bits per heavy atom. The molecule has 0 heterocycles. The minimum absolute atomic E-state index is 0.214. The molecule has 0 atom stereocenters. The molecular weight excluding hydrogens is 255 g/mol. The summed E-state index contributed by atoms with van der Waals surface area (Å²) in [6, 6.07) is 13.9. The molecule has 0 fully saturated rings. The van der Waals surface area contributed by atoms with Gasteiger partial charge < -0.3 is 9.47 Å². The van der Waals surface area contributed by atoms with Crippen LogP contribution in [0.3, 0.4) is 0 Å². The zero-order chi connectivity index (χ0) is 14.6. The van der Waals surface area contributed by atoms with E-state index in [9.17, 15) is 4.39 Å². The van der Waals surface area contributed by atoms with Gasteiger partial charge in [0.1, 0.15) is 29.5 Å². The second-order valence-corrected chi connectivity index (χ2v) is 5.57. The molecule has 0 unspecified atom stereocenters. The molecular formula is C17H19FO2. The van der Waals surface area contributed by atoms with Gasteiger partial charge >= 0.3 is 0 Å². The number of benzene rings is 2. The molecule has 2 aromatic carbocycles. The van der Waals surface area contributed by atoms with Crippen molar-refractivity contribution >= 4 is 0 Å². The van der Waals surface area contributed by atoms with Gasteiger partial charge in [-0.3, -0.25) is 0 Å². The molecule has 0 radical (unpaired) electrons. The van der Waals surface area contributed by atoms with Crippen LogP contribution >= 0.6 is 0 Å². The molecule has 0 aliphatic heterocycles. The van der Waals surface area contributed by atoms with Gasteiger partial charge in [0.25, 0.3) is 0 Å². The van der Waals surface area contributed by atoms with Crippen LogP contribution < -0.4 is 9.47 Å². The minimum Gasteiger partial charge on any atom is -0.489 e. The highest BCUT2D eigenvalue weighted by Gasteiger charge is 2.11. The molecule has 20 heavy (non-hydrogen) atoms. The third-order valence-electron chi connectivity index (χ3n) is 2.60. The summed E-state index contributed by atoms with van der Waals surface area (Å²) >= 11 is 0. The Labute approximate surface area is 119 Å². The lowest BCUT2D eigenvalue weighted by Gasteiger charge is -2.21. The first-order valence-electron chi connectivity index (χ1n) is 6.59. The summed E-state index contributed by atoms with van der Waals surface area (Å²) in [5.74, 6) is 1.23. The van der Waals surface area contributed by atoms with Crippen LogP contribution in [-0.4, -0.2) is 5.60 Å². The fraction of sp³-hybridized carbons (Fsp3) is 0.294. The van der Waals surface area contributed by atoms with Crippen molar-refractivity contribution < 1.29 is 13.9 Å². The van der Waals surface area contributed by atoms with Gasteiger partial charge in [-0.1, -0.05) is 18.2 Å². The number of hydrogen-bond donors (Lipinski definition) is 0. The predicted molar refractivity (Wildman–Crippen MR) is 77.6 cm³/mol. The summed E-state index contributed by atoms with van der Waals surface area (Å²) < 4.78 is 24.7. The van der Waals surface area contributed by atoms with Crippen molar-refractivity contribution in [3.8, 4) is 11.5 Å². The lowest BCUT2D eigenvalue weighted by atomic mass is 10.2. The Morgan fingerprint density at radius 2 is 1.50 bits per heavy atom. The highest BCUT2D eigenvalue weighted by Crippen LogP contribution is 2.22. The van der Waals surface area contributed by atoms with E-state index >= 15 is 0 Å². The third-order valence-corrected chi connectivity index (χ3v) is 2.60. The molecule has 0 aliphatic rings. The normalized spacial score (nSPS) is 11.2. The largest absolute Gasteiger partial charge is 0.489 e. The SMILES string of the molecule is CC(C)(C)Oc1ccc(OCc2ccccc2F)cc1. The van der Waals surface area contributed by atoms with Crippen molar-refractivity contribution in [1.82, 2.24) is 0 Å². The van der Waals surface area contributed by atoms with E-state index < -0.39 is 0 Å². The lowest BCUT2D eigenvalue weighted by Crippen LogP contribution is -2.22. The molecule has 0 saturated heterocycles.